The van der Waals surface area contributed by atoms with Crippen molar-refractivity contribution in [2.24, 2.45) is 0 Å². The Morgan fingerprint density at radius 2 is 2.07 bits per heavy atom. The SMILES string of the molecule is CC(O)C(C)N1CC(CO)OC(C)(C)C1. The fourth-order valence-electron chi connectivity index (χ4n) is 2.05. The average Bonchev–Trinajstić information content (AvgIpc) is 2.13. The minimum absolute atomic E-state index is 0.0342. The van der Waals surface area contributed by atoms with Crippen molar-refractivity contribution in [1.29, 1.82) is 0 Å². The molecule has 1 aliphatic rings. The van der Waals surface area contributed by atoms with E-state index in [1.807, 2.05) is 20.8 Å². The van der Waals surface area contributed by atoms with Crippen LogP contribution in [0.5, 0.6) is 0 Å². The zero-order valence-corrected chi connectivity index (χ0v) is 10.1. The van der Waals surface area contributed by atoms with Crippen LogP contribution in [0.2, 0.25) is 0 Å². The summed E-state index contributed by atoms with van der Waals surface area (Å²) in [5.41, 5.74) is -0.255. The zero-order chi connectivity index (χ0) is 11.6. The van der Waals surface area contributed by atoms with Crippen LogP contribution in [0.15, 0.2) is 0 Å². The molecule has 3 unspecified atom stereocenters. The lowest BCUT2D eigenvalue weighted by molar-refractivity contribution is -0.161. The summed E-state index contributed by atoms with van der Waals surface area (Å²) in [7, 11) is 0. The van der Waals surface area contributed by atoms with E-state index in [2.05, 4.69) is 4.90 Å². The molecule has 0 aromatic carbocycles. The zero-order valence-electron chi connectivity index (χ0n) is 10.1. The number of aliphatic hydroxyl groups excluding tert-OH is 2. The Morgan fingerprint density at radius 3 is 2.53 bits per heavy atom. The predicted octanol–water partition coefficient (Wildman–Crippen LogP) is 0.227. The fraction of sp³-hybridized carbons (Fsp3) is 1.00. The minimum Gasteiger partial charge on any atom is -0.394 e. The van der Waals surface area contributed by atoms with Crippen LogP contribution in [0, 0.1) is 0 Å². The predicted molar refractivity (Wildman–Crippen MR) is 58.8 cm³/mol. The standard InChI is InChI=1S/C11H23NO3/c1-8(9(2)14)12-5-10(6-13)15-11(3,4)7-12/h8-10,13-14H,5-7H2,1-4H3. The molecular weight excluding hydrogens is 194 g/mol. The maximum absolute atomic E-state index is 9.56. The lowest BCUT2D eigenvalue weighted by atomic mass is 10.0. The van der Waals surface area contributed by atoms with Gasteiger partial charge in [-0.3, -0.25) is 4.90 Å². The highest BCUT2D eigenvalue weighted by atomic mass is 16.5. The van der Waals surface area contributed by atoms with Crippen LogP contribution >= 0.6 is 0 Å². The van der Waals surface area contributed by atoms with E-state index in [4.69, 9.17) is 9.84 Å². The van der Waals surface area contributed by atoms with E-state index in [9.17, 15) is 5.11 Å². The Labute approximate surface area is 91.8 Å². The van der Waals surface area contributed by atoms with E-state index in [1.165, 1.54) is 0 Å². The molecule has 90 valence electrons. The van der Waals surface area contributed by atoms with E-state index >= 15 is 0 Å². The smallest absolute Gasteiger partial charge is 0.0940 e. The summed E-state index contributed by atoms with van der Waals surface area (Å²) in [6.45, 7) is 9.32. The molecule has 4 heteroatoms. The van der Waals surface area contributed by atoms with Crippen LogP contribution in [0.3, 0.4) is 0 Å². The van der Waals surface area contributed by atoms with Crippen molar-refractivity contribution < 1.29 is 14.9 Å². The first-order valence-electron chi connectivity index (χ1n) is 5.56. The molecule has 1 saturated heterocycles. The topological polar surface area (TPSA) is 52.9 Å². The van der Waals surface area contributed by atoms with Gasteiger partial charge in [-0.15, -0.1) is 0 Å². The van der Waals surface area contributed by atoms with Crippen LogP contribution in [0.1, 0.15) is 27.7 Å². The lowest BCUT2D eigenvalue weighted by Gasteiger charge is -2.45. The molecule has 0 bridgehead atoms. The molecule has 3 atom stereocenters. The third-order valence-electron chi connectivity index (χ3n) is 2.99. The van der Waals surface area contributed by atoms with Crippen molar-refractivity contribution >= 4 is 0 Å². The summed E-state index contributed by atoms with van der Waals surface area (Å²) < 4.78 is 5.71. The second-order valence-electron chi connectivity index (χ2n) is 5.09. The summed E-state index contributed by atoms with van der Waals surface area (Å²) in [4.78, 5) is 2.18. The largest absolute Gasteiger partial charge is 0.394 e. The normalized spacial score (nSPS) is 31.2. The highest BCUT2D eigenvalue weighted by Gasteiger charge is 2.35. The van der Waals surface area contributed by atoms with Gasteiger partial charge in [0, 0.05) is 19.1 Å². The van der Waals surface area contributed by atoms with Gasteiger partial charge in [0.05, 0.1) is 24.4 Å². The molecule has 0 saturated carbocycles. The van der Waals surface area contributed by atoms with E-state index in [-0.39, 0.29) is 30.5 Å². The second-order valence-corrected chi connectivity index (χ2v) is 5.09. The summed E-state index contributed by atoms with van der Waals surface area (Å²) in [6, 6.07) is 0.0993. The van der Waals surface area contributed by atoms with Crippen LogP contribution in [0.4, 0.5) is 0 Å². The number of hydrogen-bond acceptors (Lipinski definition) is 4. The molecule has 4 nitrogen and oxygen atoms in total. The first-order valence-corrected chi connectivity index (χ1v) is 5.56. The van der Waals surface area contributed by atoms with Gasteiger partial charge in [-0.2, -0.15) is 0 Å². The molecule has 0 aliphatic carbocycles. The molecule has 1 aliphatic heterocycles. The van der Waals surface area contributed by atoms with Crippen LogP contribution in [0.25, 0.3) is 0 Å². The summed E-state index contributed by atoms with van der Waals surface area (Å²) in [5.74, 6) is 0. The highest BCUT2D eigenvalue weighted by Crippen LogP contribution is 2.23. The molecule has 0 aromatic rings. The van der Waals surface area contributed by atoms with Crippen molar-refractivity contribution in [3.05, 3.63) is 0 Å². The third kappa shape index (κ3) is 3.41. The van der Waals surface area contributed by atoms with Gasteiger partial charge in [0.15, 0.2) is 0 Å². The summed E-state index contributed by atoms with van der Waals surface area (Å²) >= 11 is 0. The van der Waals surface area contributed by atoms with Gasteiger partial charge in [-0.25, -0.2) is 0 Å². The molecular formula is C11H23NO3. The Balaban J connectivity index is 2.65. The maximum Gasteiger partial charge on any atom is 0.0940 e. The molecule has 1 heterocycles. The Hall–Kier alpha value is -0.160. The molecule has 15 heavy (non-hydrogen) atoms. The van der Waals surface area contributed by atoms with E-state index in [1.54, 1.807) is 6.92 Å². The molecule has 0 aromatic heterocycles. The van der Waals surface area contributed by atoms with Crippen LogP contribution in [-0.2, 0) is 4.74 Å². The van der Waals surface area contributed by atoms with Gasteiger partial charge in [0.1, 0.15) is 0 Å². The number of aliphatic hydroxyl groups is 2. The number of rotatable bonds is 3. The quantitative estimate of drug-likeness (QED) is 0.710. The van der Waals surface area contributed by atoms with Gasteiger partial charge in [0.25, 0.3) is 0 Å². The maximum atomic E-state index is 9.56. The molecule has 0 amide bonds. The number of ether oxygens (including phenoxy) is 1. The van der Waals surface area contributed by atoms with Gasteiger partial charge < -0.3 is 14.9 Å². The Morgan fingerprint density at radius 1 is 1.47 bits per heavy atom. The molecule has 0 radical (unpaired) electrons. The number of morpholine rings is 1. The summed E-state index contributed by atoms with van der Waals surface area (Å²) in [6.07, 6.45) is -0.506. The van der Waals surface area contributed by atoms with Gasteiger partial charge in [-0.1, -0.05) is 0 Å². The Bertz CT molecular complexity index is 206. The fourth-order valence-corrected chi connectivity index (χ4v) is 2.05. The highest BCUT2D eigenvalue weighted by molar-refractivity contribution is 4.87. The van der Waals surface area contributed by atoms with Gasteiger partial charge in [-0.05, 0) is 27.7 Å². The van der Waals surface area contributed by atoms with E-state index in [0.717, 1.165) is 6.54 Å². The lowest BCUT2D eigenvalue weighted by Crippen LogP contribution is -2.58. The van der Waals surface area contributed by atoms with E-state index < -0.39 is 0 Å². The van der Waals surface area contributed by atoms with Gasteiger partial charge in [0.2, 0.25) is 0 Å². The molecule has 2 N–H and O–H groups in total. The van der Waals surface area contributed by atoms with Crippen molar-refractivity contribution in [3.8, 4) is 0 Å². The average molecular weight is 217 g/mol. The van der Waals surface area contributed by atoms with Crippen LogP contribution in [-0.4, -0.2) is 58.7 Å². The number of hydrogen-bond donors (Lipinski definition) is 2. The molecule has 1 rings (SSSR count). The third-order valence-corrected chi connectivity index (χ3v) is 2.99. The minimum atomic E-state index is -0.363. The van der Waals surface area contributed by atoms with Crippen molar-refractivity contribution in [3.63, 3.8) is 0 Å². The number of nitrogens with zero attached hydrogens (tertiary/aromatic N) is 1. The van der Waals surface area contributed by atoms with Crippen molar-refractivity contribution in [2.45, 2.75) is 51.5 Å². The van der Waals surface area contributed by atoms with Crippen LogP contribution < -0.4 is 0 Å². The van der Waals surface area contributed by atoms with E-state index in [0.29, 0.717) is 6.54 Å². The molecule has 0 spiro atoms. The monoisotopic (exact) mass is 217 g/mol. The Kier molecular flexibility index (Phi) is 4.12. The van der Waals surface area contributed by atoms with Crippen molar-refractivity contribution in [1.82, 2.24) is 4.90 Å². The summed E-state index contributed by atoms with van der Waals surface area (Å²) in [5, 5.41) is 18.7. The van der Waals surface area contributed by atoms with Crippen molar-refractivity contribution in [2.75, 3.05) is 19.7 Å². The second kappa shape index (κ2) is 4.78. The first kappa shape index (κ1) is 12.9. The first-order chi connectivity index (χ1) is 6.85. The molecule has 1 fully saturated rings. The van der Waals surface area contributed by atoms with Gasteiger partial charge >= 0.3 is 0 Å².